The standard InChI is InChI=1S/C13H21ClN2O2S/c1-5-9(2)8-16(4)19(17,18)13-7-12(15)10(3)6-11(13)14/h6-7,9H,5,8,15H2,1-4H3. The van der Waals surface area contributed by atoms with Crippen LogP contribution in [0.5, 0.6) is 0 Å². The Labute approximate surface area is 120 Å². The van der Waals surface area contributed by atoms with Crippen LogP contribution in [-0.2, 0) is 10.0 Å². The van der Waals surface area contributed by atoms with Gasteiger partial charge in [0, 0.05) is 19.3 Å². The van der Waals surface area contributed by atoms with Crippen LogP contribution in [0.3, 0.4) is 0 Å². The van der Waals surface area contributed by atoms with Gasteiger partial charge in [-0.1, -0.05) is 31.9 Å². The predicted molar refractivity (Wildman–Crippen MR) is 79.9 cm³/mol. The minimum Gasteiger partial charge on any atom is -0.398 e. The Morgan fingerprint density at radius 3 is 2.53 bits per heavy atom. The van der Waals surface area contributed by atoms with Crippen LogP contribution >= 0.6 is 11.6 Å². The molecule has 0 aliphatic rings. The Balaban J connectivity index is 3.17. The van der Waals surface area contributed by atoms with Crippen molar-refractivity contribution < 1.29 is 8.42 Å². The van der Waals surface area contributed by atoms with E-state index in [4.69, 9.17) is 17.3 Å². The molecule has 4 nitrogen and oxygen atoms in total. The molecule has 0 saturated heterocycles. The number of nitrogens with zero attached hydrogens (tertiary/aromatic N) is 1. The van der Waals surface area contributed by atoms with Gasteiger partial charge < -0.3 is 5.73 Å². The quantitative estimate of drug-likeness (QED) is 0.851. The molecule has 0 aliphatic heterocycles. The number of hydrogen-bond acceptors (Lipinski definition) is 3. The van der Waals surface area contributed by atoms with Crippen molar-refractivity contribution in [3.05, 3.63) is 22.7 Å². The fourth-order valence-electron chi connectivity index (χ4n) is 1.70. The van der Waals surface area contributed by atoms with Crippen LogP contribution in [0.2, 0.25) is 5.02 Å². The summed E-state index contributed by atoms with van der Waals surface area (Å²) in [5, 5.41) is 0.211. The van der Waals surface area contributed by atoms with Crippen LogP contribution in [0, 0.1) is 12.8 Å². The molecule has 1 rings (SSSR count). The Kier molecular flexibility index (Phi) is 5.24. The maximum atomic E-state index is 12.5. The molecule has 6 heteroatoms. The zero-order valence-electron chi connectivity index (χ0n) is 11.8. The highest BCUT2D eigenvalue weighted by molar-refractivity contribution is 7.89. The van der Waals surface area contributed by atoms with Crippen LogP contribution in [0.1, 0.15) is 25.8 Å². The summed E-state index contributed by atoms with van der Waals surface area (Å²) in [6.45, 7) is 6.29. The van der Waals surface area contributed by atoms with Crippen molar-refractivity contribution in [3.8, 4) is 0 Å². The lowest BCUT2D eigenvalue weighted by atomic mass is 10.1. The van der Waals surface area contributed by atoms with Crippen molar-refractivity contribution in [2.24, 2.45) is 5.92 Å². The lowest BCUT2D eigenvalue weighted by molar-refractivity contribution is 0.393. The van der Waals surface area contributed by atoms with Crippen molar-refractivity contribution in [1.82, 2.24) is 4.31 Å². The highest BCUT2D eigenvalue weighted by Crippen LogP contribution is 2.29. The molecule has 2 N–H and O–H groups in total. The number of rotatable bonds is 5. The molecule has 1 unspecified atom stereocenters. The number of hydrogen-bond donors (Lipinski definition) is 1. The van der Waals surface area contributed by atoms with Gasteiger partial charge in [0.2, 0.25) is 10.0 Å². The third kappa shape index (κ3) is 3.61. The summed E-state index contributed by atoms with van der Waals surface area (Å²) in [7, 11) is -2.03. The first-order valence-electron chi connectivity index (χ1n) is 6.22. The van der Waals surface area contributed by atoms with Crippen molar-refractivity contribution in [3.63, 3.8) is 0 Å². The number of anilines is 1. The van der Waals surface area contributed by atoms with E-state index in [1.54, 1.807) is 20.0 Å². The van der Waals surface area contributed by atoms with Crippen LogP contribution in [-0.4, -0.2) is 26.3 Å². The van der Waals surface area contributed by atoms with E-state index in [2.05, 4.69) is 0 Å². The summed E-state index contributed by atoms with van der Waals surface area (Å²) in [6.07, 6.45) is 0.920. The van der Waals surface area contributed by atoms with Gasteiger partial charge in [-0.25, -0.2) is 12.7 Å². The molecule has 0 spiro atoms. The van der Waals surface area contributed by atoms with Gasteiger partial charge in [0.05, 0.1) is 5.02 Å². The normalized spacial score (nSPS) is 13.8. The first-order chi connectivity index (χ1) is 8.70. The van der Waals surface area contributed by atoms with E-state index >= 15 is 0 Å². The number of benzene rings is 1. The highest BCUT2D eigenvalue weighted by atomic mass is 35.5. The van der Waals surface area contributed by atoms with Gasteiger partial charge in [0.25, 0.3) is 0 Å². The van der Waals surface area contributed by atoms with Gasteiger partial charge >= 0.3 is 0 Å². The van der Waals surface area contributed by atoms with Crippen LogP contribution in [0.25, 0.3) is 0 Å². The summed E-state index contributed by atoms with van der Waals surface area (Å²) >= 11 is 6.04. The highest BCUT2D eigenvalue weighted by Gasteiger charge is 2.25. The van der Waals surface area contributed by atoms with Gasteiger partial charge in [0.1, 0.15) is 4.90 Å². The monoisotopic (exact) mass is 304 g/mol. The summed E-state index contributed by atoms with van der Waals surface area (Å²) in [4.78, 5) is 0.0723. The van der Waals surface area contributed by atoms with Gasteiger partial charge in [0.15, 0.2) is 0 Å². The minimum atomic E-state index is -3.59. The van der Waals surface area contributed by atoms with Gasteiger partial charge in [-0.05, 0) is 30.5 Å². The second-order valence-corrected chi connectivity index (χ2v) is 7.36. The summed E-state index contributed by atoms with van der Waals surface area (Å²) in [5.74, 6) is 0.293. The predicted octanol–water partition coefficient (Wildman–Crippen LogP) is 2.90. The van der Waals surface area contributed by atoms with E-state index in [1.807, 2.05) is 13.8 Å². The molecule has 1 aromatic carbocycles. The fraction of sp³-hybridized carbons (Fsp3) is 0.538. The molecular weight excluding hydrogens is 284 g/mol. The van der Waals surface area contributed by atoms with Crippen LogP contribution in [0.15, 0.2) is 17.0 Å². The molecule has 0 aromatic heterocycles. The van der Waals surface area contributed by atoms with E-state index in [0.717, 1.165) is 12.0 Å². The zero-order chi connectivity index (χ0) is 14.8. The van der Waals surface area contributed by atoms with Crippen molar-refractivity contribution in [1.29, 1.82) is 0 Å². The van der Waals surface area contributed by atoms with Crippen molar-refractivity contribution in [2.45, 2.75) is 32.1 Å². The third-order valence-corrected chi connectivity index (χ3v) is 5.56. The largest absolute Gasteiger partial charge is 0.398 e. The molecule has 0 saturated carbocycles. The number of nitrogens with two attached hydrogens (primary N) is 1. The van der Waals surface area contributed by atoms with Gasteiger partial charge in [-0.15, -0.1) is 0 Å². The average molecular weight is 305 g/mol. The number of nitrogen functional groups attached to an aromatic ring is 1. The molecule has 0 amide bonds. The number of halogens is 1. The molecule has 1 aromatic rings. The van der Waals surface area contributed by atoms with Crippen LogP contribution in [0.4, 0.5) is 5.69 Å². The smallest absolute Gasteiger partial charge is 0.244 e. The van der Waals surface area contributed by atoms with E-state index in [0.29, 0.717) is 18.2 Å². The van der Waals surface area contributed by atoms with E-state index < -0.39 is 10.0 Å². The molecular formula is C13H21ClN2O2S. The third-order valence-electron chi connectivity index (χ3n) is 3.27. The molecule has 0 bridgehead atoms. The molecule has 1 atom stereocenters. The number of sulfonamides is 1. The topological polar surface area (TPSA) is 63.4 Å². The second-order valence-electron chi connectivity index (χ2n) is 4.94. The van der Waals surface area contributed by atoms with Gasteiger partial charge in [-0.2, -0.15) is 0 Å². The Morgan fingerprint density at radius 2 is 2.00 bits per heavy atom. The summed E-state index contributed by atoms with van der Waals surface area (Å²) < 4.78 is 26.2. The molecule has 0 aliphatic carbocycles. The average Bonchev–Trinajstić information content (AvgIpc) is 2.33. The van der Waals surface area contributed by atoms with Crippen molar-refractivity contribution in [2.75, 3.05) is 19.3 Å². The van der Waals surface area contributed by atoms with E-state index in [-0.39, 0.29) is 9.92 Å². The van der Waals surface area contributed by atoms with E-state index in [9.17, 15) is 8.42 Å². The first kappa shape index (κ1) is 16.3. The molecule has 108 valence electrons. The lowest BCUT2D eigenvalue weighted by Gasteiger charge is -2.21. The Hall–Kier alpha value is -0.780. The van der Waals surface area contributed by atoms with Crippen LogP contribution < -0.4 is 5.73 Å². The molecule has 0 fully saturated rings. The number of aryl methyl sites for hydroxylation is 1. The minimum absolute atomic E-state index is 0.0723. The summed E-state index contributed by atoms with van der Waals surface area (Å²) in [6, 6.07) is 3.01. The maximum absolute atomic E-state index is 12.5. The Bertz CT molecular complexity index is 558. The maximum Gasteiger partial charge on any atom is 0.244 e. The molecule has 19 heavy (non-hydrogen) atoms. The molecule has 0 heterocycles. The second kappa shape index (κ2) is 6.11. The SMILES string of the molecule is CCC(C)CN(C)S(=O)(=O)c1cc(N)c(C)cc1Cl. The fourth-order valence-corrected chi connectivity index (χ4v) is 3.58. The lowest BCUT2D eigenvalue weighted by Crippen LogP contribution is -2.31. The molecule has 0 radical (unpaired) electrons. The van der Waals surface area contributed by atoms with E-state index in [1.165, 1.54) is 10.4 Å². The first-order valence-corrected chi connectivity index (χ1v) is 8.03. The van der Waals surface area contributed by atoms with Gasteiger partial charge in [-0.3, -0.25) is 0 Å². The van der Waals surface area contributed by atoms with Crippen molar-refractivity contribution >= 4 is 27.3 Å². The zero-order valence-corrected chi connectivity index (χ0v) is 13.3. The summed E-state index contributed by atoms with van der Waals surface area (Å²) in [5.41, 5.74) is 6.97. The Morgan fingerprint density at radius 1 is 1.42 bits per heavy atom.